The highest BCUT2D eigenvalue weighted by atomic mass is 35.5. The van der Waals surface area contributed by atoms with Gasteiger partial charge in [0.05, 0.1) is 5.56 Å². The molecule has 2 aromatic heterocycles. The molecule has 4 rings (SSSR count). The van der Waals surface area contributed by atoms with Gasteiger partial charge in [0.1, 0.15) is 11.5 Å². The molecule has 0 radical (unpaired) electrons. The van der Waals surface area contributed by atoms with Crippen molar-refractivity contribution >= 4 is 40.3 Å². The summed E-state index contributed by atoms with van der Waals surface area (Å²) in [6.07, 6.45) is -3.71. The Labute approximate surface area is 174 Å². The van der Waals surface area contributed by atoms with Gasteiger partial charge in [-0.3, -0.25) is 9.59 Å². The van der Waals surface area contributed by atoms with Crippen molar-refractivity contribution in [3.63, 3.8) is 0 Å². The van der Waals surface area contributed by atoms with E-state index in [1.54, 1.807) is 6.07 Å². The number of anilines is 1. The van der Waals surface area contributed by atoms with Crippen LogP contribution in [0.15, 0.2) is 36.4 Å². The fourth-order valence-electron chi connectivity index (χ4n) is 3.33. The van der Waals surface area contributed by atoms with Crippen LogP contribution in [0.2, 0.25) is 5.02 Å². The third kappa shape index (κ3) is 3.72. The predicted octanol–water partition coefficient (Wildman–Crippen LogP) is 4.46. The van der Waals surface area contributed by atoms with Gasteiger partial charge in [0.25, 0.3) is 0 Å². The summed E-state index contributed by atoms with van der Waals surface area (Å²) < 4.78 is 40.1. The van der Waals surface area contributed by atoms with Crippen LogP contribution in [0.25, 0.3) is 22.3 Å². The number of fused-ring (bicyclic) bond motifs is 1. The third-order valence-corrected chi connectivity index (χ3v) is 5.31. The number of amides is 2. The summed E-state index contributed by atoms with van der Waals surface area (Å²) in [5, 5.41) is 3.14. The quantitative estimate of drug-likeness (QED) is 0.582. The standard InChI is InChI=1S/C20H16ClF3N4O2/c1-10-6-7-28(10)19(30)18(29)27-16-5-2-11-8-15(25-17(11)26-16)13-9-12(21)3-4-14(13)20(22,23)24/h2-5,8-10H,6-7H2,1H3,(H2,25,26,27,29). The molecule has 0 spiro atoms. The highest BCUT2D eigenvalue weighted by Crippen LogP contribution is 2.38. The van der Waals surface area contributed by atoms with Crippen molar-refractivity contribution in [1.29, 1.82) is 0 Å². The molecule has 0 aliphatic carbocycles. The number of likely N-dealkylation sites (tertiary alicyclic amines) is 1. The SMILES string of the molecule is CC1CCN1C(=O)C(=O)Nc1ccc2cc(-c3cc(Cl)ccc3C(F)(F)F)[nH]c2n1. The lowest BCUT2D eigenvalue weighted by Gasteiger charge is -2.37. The van der Waals surface area contributed by atoms with Crippen LogP contribution in [-0.2, 0) is 15.8 Å². The zero-order valence-corrected chi connectivity index (χ0v) is 16.4. The summed E-state index contributed by atoms with van der Waals surface area (Å²) in [4.78, 5) is 32.8. The van der Waals surface area contributed by atoms with Crippen LogP contribution in [0.3, 0.4) is 0 Å². The summed E-state index contributed by atoms with van der Waals surface area (Å²) in [6, 6.07) is 7.93. The first-order chi connectivity index (χ1) is 14.1. The lowest BCUT2D eigenvalue weighted by atomic mass is 10.0. The molecule has 1 saturated heterocycles. The second-order valence-corrected chi connectivity index (χ2v) is 7.53. The van der Waals surface area contributed by atoms with Gasteiger partial charge in [-0.25, -0.2) is 4.98 Å². The van der Waals surface area contributed by atoms with E-state index < -0.39 is 23.6 Å². The van der Waals surface area contributed by atoms with Gasteiger partial charge in [-0.05, 0) is 49.7 Å². The molecule has 30 heavy (non-hydrogen) atoms. The normalized spacial score (nSPS) is 16.4. The first-order valence-electron chi connectivity index (χ1n) is 9.12. The highest BCUT2D eigenvalue weighted by molar-refractivity contribution is 6.39. The van der Waals surface area contributed by atoms with Crippen LogP contribution in [0.4, 0.5) is 19.0 Å². The molecule has 1 atom stereocenters. The Morgan fingerprint density at radius 2 is 2.00 bits per heavy atom. The molecule has 2 N–H and O–H groups in total. The summed E-state index contributed by atoms with van der Waals surface area (Å²) in [5.41, 5.74) is -0.497. The number of pyridine rings is 1. The Hall–Kier alpha value is -3.07. The van der Waals surface area contributed by atoms with Gasteiger partial charge in [0, 0.05) is 34.3 Å². The van der Waals surface area contributed by atoms with Crippen LogP contribution < -0.4 is 5.32 Å². The van der Waals surface area contributed by atoms with Crippen molar-refractivity contribution < 1.29 is 22.8 Å². The minimum atomic E-state index is -4.56. The zero-order valence-electron chi connectivity index (χ0n) is 15.7. The lowest BCUT2D eigenvalue weighted by Crippen LogP contribution is -2.53. The van der Waals surface area contributed by atoms with E-state index in [2.05, 4.69) is 15.3 Å². The maximum atomic E-state index is 13.4. The Balaban J connectivity index is 1.63. The fourth-order valence-corrected chi connectivity index (χ4v) is 3.50. The second-order valence-electron chi connectivity index (χ2n) is 7.10. The first-order valence-corrected chi connectivity index (χ1v) is 9.50. The molecule has 1 unspecified atom stereocenters. The molecule has 3 heterocycles. The average molecular weight is 437 g/mol. The number of H-pyrrole nitrogens is 1. The van der Waals surface area contributed by atoms with Gasteiger partial charge in [-0.15, -0.1) is 0 Å². The number of nitrogens with zero attached hydrogens (tertiary/aromatic N) is 2. The summed E-state index contributed by atoms with van der Waals surface area (Å²) in [5.74, 6) is -1.34. The molecule has 1 fully saturated rings. The van der Waals surface area contributed by atoms with Gasteiger partial charge in [0.15, 0.2) is 0 Å². The predicted molar refractivity (Wildman–Crippen MR) is 106 cm³/mol. The minimum Gasteiger partial charge on any atom is -0.339 e. The molecular formula is C20H16ClF3N4O2. The number of hydrogen-bond acceptors (Lipinski definition) is 3. The molecule has 3 aromatic rings. The van der Waals surface area contributed by atoms with Gasteiger partial charge in [-0.1, -0.05) is 11.6 Å². The number of benzene rings is 1. The molecule has 0 saturated carbocycles. The van der Waals surface area contributed by atoms with Crippen molar-refractivity contribution in [3.05, 3.63) is 47.0 Å². The van der Waals surface area contributed by atoms with Gasteiger partial charge in [0.2, 0.25) is 0 Å². The number of halogens is 4. The summed E-state index contributed by atoms with van der Waals surface area (Å²) in [6.45, 7) is 2.38. The van der Waals surface area contributed by atoms with E-state index in [1.165, 1.54) is 29.2 Å². The van der Waals surface area contributed by atoms with Gasteiger partial charge >= 0.3 is 18.0 Å². The van der Waals surface area contributed by atoms with E-state index in [4.69, 9.17) is 11.6 Å². The fraction of sp³-hybridized carbons (Fsp3) is 0.250. The maximum Gasteiger partial charge on any atom is 0.417 e. The molecular weight excluding hydrogens is 421 g/mol. The molecule has 0 bridgehead atoms. The van der Waals surface area contributed by atoms with E-state index in [-0.39, 0.29) is 33.8 Å². The van der Waals surface area contributed by atoms with Crippen LogP contribution in [0.1, 0.15) is 18.9 Å². The molecule has 6 nitrogen and oxygen atoms in total. The number of carbonyl (C=O) groups excluding carboxylic acids is 2. The minimum absolute atomic E-state index is 0.0187. The molecule has 1 aromatic carbocycles. The number of hydrogen-bond donors (Lipinski definition) is 2. The number of rotatable bonds is 2. The molecule has 1 aliphatic heterocycles. The van der Waals surface area contributed by atoms with Crippen LogP contribution in [-0.4, -0.2) is 39.3 Å². The highest BCUT2D eigenvalue weighted by Gasteiger charge is 2.34. The van der Waals surface area contributed by atoms with Crippen molar-refractivity contribution in [2.45, 2.75) is 25.6 Å². The van der Waals surface area contributed by atoms with Crippen molar-refractivity contribution in [3.8, 4) is 11.3 Å². The van der Waals surface area contributed by atoms with Crippen LogP contribution >= 0.6 is 11.6 Å². The number of aromatic nitrogens is 2. The number of carbonyl (C=O) groups is 2. The monoisotopic (exact) mass is 436 g/mol. The van der Waals surface area contributed by atoms with E-state index in [0.29, 0.717) is 11.9 Å². The van der Waals surface area contributed by atoms with E-state index in [1.807, 2.05) is 6.92 Å². The molecule has 10 heteroatoms. The molecule has 1 aliphatic rings. The average Bonchev–Trinajstić information content (AvgIpc) is 3.09. The molecule has 2 amide bonds. The largest absolute Gasteiger partial charge is 0.417 e. The topological polar surface area (TPSA) is 78.1 Å². The van der Waals surface area contributed by atoms with Crippen molar-refractivity contribution in [1.82, 2.24) is 14.9 Å². The van der Waals surface area contributed by atoms with Gasteiger partial charge < -0.3 is 15.2 Å². The van der Waals surface area contributed by atoms with E-state index in [9.17, 15) is 22.8 Å². The Bertz CT molecular complexity index is 1160. The van der Waals surface area contributed by atoms with Crippen LogP contribution in [0.5, 0.6) is 0 Å². The Kier molecular flexibility index (Phi) is 4.93. The second kappa shape index (κ2) is 7.32. The van der Waals surface area contributed by atoms with Crippen molar-refractivity contribution in [2.75, 3.05) is 11.9 Å². The van der Waals surface area contributed by atoms with E-state index >= 15 is 0 Å². The Morgan fingerprint density at radius 1 is 1.23 bits per heavy atom. The number of aromatic amines is 1. The van der Waals surface area contributed by atoms with Gasteiger partial charge in [-0.2, -0.15) is 13.2 Å². The summed E-state index contributed by atoms with van der Waals surface area (Å²) in [7, 11) is 0. The smallest absolute Gasteiger partial charge is 0.339 e. The number of nitrogens with one attached hydrogen (secondary N) is 2. The summed E-state index contributed by atoms with van der Waals surface area (Å²) >= 11 is 5.90. The van der Waals surface area contributed by atoms with Crippen molar-refractivity contribution in [2.24, 2.45) is 0 Å². The number of alkyl halides is 3. The van der Waals surface area contributed by atoms with E-state index in [0.717, 1.165) is 12.5 Å². The van der Waals surface area contributed by atoms with Crippen LogP contribution in [0, 0.1) is 0 Å². The third-order valence-electron chi connectivity index (χ3n) is 5.07. The molecule has 156 valence electrons. The Morgan fingerprint density at radius 3 is 2.63 bits per heavy atom. The zero-order chi connectivity index (χ0) is 21.6. The maximum absolute atomic E-state index is 13.4. The first kappa shape index (κ1) is 20.2. The lowest BCUT2D eigenvalue weighted by molar-refractivity contribution is -0.148.